The van der Waals surface area contributed by atoms with E-state index >= 15 is 0 Å². The average Bonchev–Trinajstić information content (AvgIpc) is 3.12. The Hall–Kier alpha value is -2.87. The fourth-order valence-corrected chi connectivity index (χ4v) is 6.35. The largest absolute Gasteiger partial charge is 0.361 e. The van der Waals surface area contributed by atoms with Crippen molar-refractivity contribution in [3.8, 4) is 0 Å². The molecule has 1 atom stereocenters. The highest BCUT2D eigenvalue weighted by Gasteiger charge is 2.36. The maximum Gasteiger partial charge on any atom is 0.256 e. The summed E-state index contributed by atoms with van der Waals surface area (Å²) in [5.74, 6) is -0.0719. The van der Waals surface area contributed by atoms with Crippen LogP contribution < -0.4 is 5.32 Å². The van der Waals surface area contributed by atoms with E-state index in [1.807, 2.05) is 48.5 Å². The SMILES string of the molecule is O=C1c2ccccc2[C@H](Nc2ccc(S(=O)(=O)N3CCCCC3)cc2)N1Cc1ccccc1Cl. The van der Waals surface area contributed by atoms with Crippen LogP contribution in [0.15, 0.2) is 77.7 Å². The van der Waals surface area contributed by atoms with Gasteiger partial charge in [-0.3, -0.25) is 4.79 Å². The molecular formula is C26H26ClN3O3S. The molecule has 8 heteroatoms. The molecule has 2 heterocycles. The molecule has 5 rings (SSSR count). The number of amides is 1. The van der Waals surface area contributed by atoms with Crippen LogP contribution in [-0.4, -0.2) is 36.6 Å². The predicted molar refractivity (Wildman–Crippen MR) is 133 cm³/mol. The molecule has 0 bridgehead atoms. The lowest BCUT2D eigenvalue weighted by atomic mass is 10.1. The Morgan fingerprint density at radius 3 is 2.29 bits per heavy atom. The number of carbonyl (C=O) groups is 1. The van der Waals surface area contributed by atoms with E-state index in [2.05, 4.69) is 5.32 Å². The molecule has 1 saturated heterocycles. The summed E-state index contributed by atoms with van der Waals surface area (Å²) in [5.41, 5.74) is 3.12. The Morgan fingerprint density at radius 2 is 1.56 bits per heavy atom. The average molecular weight is 496 g/mol. The van der Waals surface area contributed by atoms with Crippen molar-refractivity contribution in [3.63, 3.8) is 0 Å². The normalized spacial score (nSPS) is 18.7. The van der Waals surface area contributed by atoms with Crippen LogP contribution in [0.2, 0.25) is 5.02 Å². The van der Waals surface area contributed by atoms with Gasteiger partial charge in [-0.2, -0.15) is 4.31 Å². The first-order valence-electron chi connectivity index (χ1n) is 11.5. The minimum Gasteiger partial charge on any atom is -0.361 e. The molecular weight excluding hydrogens is 470 g/mol. The topological polar surface area (TPSA) is 69.7 Å². The lowest BCUT2D eigenvalue weighted by Gasteiger charge is -2.28. The summed E-state index contributed by atoms with van der Waals surface area (Å²) in [7, 11) is -3.49. The first-order chi connectivity index (χ1) is 16.4. The molecule has 6 nitrogen and oxygen atoms in total. The summed E-state index contributed by atoms with van der Waals surface area (Å²) in [4.78, 5) is 15.3. The molecule has 3 aromatic rings. The Morgan fingerprint density at radius 1 is 0.882 bits per heavy atom. The number of hydrogen-bond donors (Lipinski definition) is 1. The van der Waals surface area contributed by atoms with Gasteiger partial charge >= 0.3 is 0 Å². The zero-order valence-corrected chi connectivity index (χ0v) is 20.2. The van der Waals surface area contributed by atoms with Gasteiger partial charge in [0.15, 0.2) is 0 Å². The smallest absolute Gasteiger partial charge is 0.256 e. The van der Waals surface area contributed by atoms with Crippen LogP contribution in [0.1, 0.15) is 46.9 Å². The third kappa shape index (κ3) is 4.31. The number of piperidine rings is 1. The highest BCUT2D eigenvalue weighted by atomic mass is 35.5. The Balaban J connectivity index is 1.41. The van der Waals surface area contributed by atoms with Crippen molar-refractivity contribution in [2.24, 2.45) is 0 Å². The fraction of sp³-hybridized carbons (Fsp3) is 0.269. The van der Waals surface area contributed by atoms with Crippen molar-refractivity contribution >= 4 is 33.2 Å². The van der Waals surface area contributed by atoms with Crippen LogP contribution in [0.25, 0.3) is 0 Å². The molecule has 1 fully saturated rings. The van der Waals surface area contributed by atoms with E-state index in [0.717, 1.165) is 36.1 Å². The molecule has 1 N–H and O–H groups in total. The number of nitrogens with zero attached hydrogens (tertiary/aromatic N) is 2. The van der Waals surface area contributed by atoms with Gasteiger partial charge in [0.1, 0.15) is 6.17 Å². The van der Waals surface area contributed by atoms with Gasteiger partial charge in [0.25, 0.3) is 5.91 Å². The summed E-state index contributed by atoms with van der Waals surface area (Å²) in [6, 6.07) is 21.8. The first-order valence-corrected chi connectivity index (χ1v) is 13.3. The highest BCUT2D eigenvalue weighted by Crippen LogP contribution is 2.36. The number of hydrogen-bond acceptors (Lipinski definition) is 4. The number of carbonyl (C=O) groups excluding carboxylic acids is 1. The monoisotopic (exact) mass is 495 g/mol. The number of halogens is 1. The predicted octanol–water partition coefficient (Wildman–Crippen LogP) is 5.28. The minimum atomic E-state index is -3.49. The molecule has 1 amide bonds. The van der Waals surface area contributed by atoms with Gasteiger partial charge in [0, 0.05) is 41.5 Å². The molecule has 0 unspecified atom stereocenters. The van der Waals surface area contributed by atoms with Crippen LogP contribution >= 0.6 is 11.6 Å². The number of rotatable bonds is 6. The van der Waals surface area contributed by atoms with Gasteiger partial charge in [-0.25, -0.2) is 8.42 Å². The maximum atomic E-state index is 13.2. The summed E-state index contributed by atoms with van der Waals surface area (Å²) < 4.78 is 27.5. The Labute approximate surface area is 205 Å². The number of benzene rings is 3. The maximum absolute atomic E-state index is 13.2. The molecule has 3 aromatic carbocycles. The summed E-state index contributed by atoms with van der Waals surface area (Å²) in [5, 5.41) is 4.04. The van der Waals surface area contributed by atoms with Gasteiger partial charge < -0.3 is 10.2 Å². The lowest BCUT2D eigenvalue weighted by molar-refractivity contribution is 0.0729. The van der Waals surface area contributed by atoms with Crippen LogP contribution in [0.5, 0.6) is 0 Å². The van der Waals surface area contributed by atoms with E-state index < -0.39 is 16.2 Å². The highest BCUT2D eigenvalue weighted by molar-refractivity contribution is 7.89. The van der Waals surface area contributed by atoms with E-state index in [0.29, 0.717) is 30.2 Å². The fourth-order valence-electron chi connectivity index (χ4n) is 4.63. The van der Waals surface area contributed by atoms with E-state index in [1.54, 1.807) is 33.5 Å². The zero-order valence-electron chi connectivity index (χ0n) is 18.7. The second kappa shape index (κ2) is 9.41. The van der Waals surface area contributed by atoms with Gasteiger partial charge in [-0.15, -0.1) is 0 Å². The molecule has 0 radical (unpaired) electrons. The number of sulfonamides is 1. The van der Waals surface area contributed by atoms with Crippen molar-refractivity contribution in [1.82, 2.24) is 9.21 Å². The second-order valence-corrected chi connectivity index (χ2v) is 11.0. The summed E-state index contributed by atoms with van der Waals surface area (Å²) in [6.45, 7) is 1.49. The van der Waals surface area contributed by atoms with Gasteiger partial charge in [-0.1, -0.05) is 54.4 Å². The quantitative estimate of drug-likeness (QED) is 0.505. The van der Waals surface area contributed by atoms with Gasteiger partial charge in [-0.05, 0) is 54.8 Å². The van der Waals surface area contributed by atoms with Gasteiger partial charge in [0.05, 0.1) is 4.90 Å². The van der Waals surface area contributed by atoms with Crippen LogP contribution in [0.4, 0.5) is 5.69 Å². The molecule has 0 saturated carbocycles. The summed E-state index contributed by atoms with van der Waals surface area (Å²) >= 11 is 6.37. The molecule has 0 spiro atoms. The first kappa shape index (κ1) is 22.9. The third-order valence-electron chi connectivity index (χ3n) is 6.47. The lowest BCUT2D eigenvalue weighted by Crippen LogP contribution is -2.35. The molecule has 2 aliphatic rings. The molecule has 176 valence electrons. The van der Waals surface area contributed by atoms with Crippen molar-refractivity contribution in [3.05, 3.63) is 94.5 Å². The number of anilines is 1. The van der Waals surface area contributed by atoms with Crippen molar-refractivity contribution < 1.29 is 13.2 Å². The number of fused-ring (bicyclic) bond motifs is 1. The van der Waals surface area contributed by atoms with Crippen molar-refractivity contribution in [2.45, 2.75) is 36.9 Å². The van der Waals surface area contributed by atoms with E-state index in [1.165, 1.54) is 0 Å². The van der Waals surface area contributed by atoms with Crippen LogP contribution in [-0.2, 0) is 16.6 Å². The van der Waals surface area contributed by atoms with Crippen LogP contribution in [0, 0.1) is 0 Å². The Kier molecular flexibility index (Phi) is 6.34. The summed E-state index contributed by atoms with van der Waals surface area (Å²) in [6.07, 6.45) is 2.47. The molecule has 0 aromatic heterocycles. The van der Waals surface area contributed by atoms with E-state index in [-0.39, 0.29) is 10.8 Å². The molecule has 0 aliphatic carbocycles. The van der Waals surface area contributed by atoms with Gasteiger partial charge in [0.2, 0.25) is 10.0 Å². The van der Waals surface area contributed by atoms with Crippen molar-refractivity contribution in [2.75, 3.05) is 18.4 Å². The minimum absolute atomic E-state index is 0.0719. The van der Waals surface area contributed by atoms with Crippen molar-refractivity contribution in [1.29, 1.82) is 0 Å². The van der Waals surface area contributed by atoms with Crippen LogP contribution in [0.3, 0.4) is 0 Å². The zero-order chi connectivity index (χ0) is 23.7. The Bertz CT molecular complexity index is 1300. The number of nitrogens with one attached hydrogen (secondary N) is 1. The standard InChI is InChI=1S/C26H26ClN3O3S/c27-24-11-5-2-8-19(24)18-30-25(22-9-3-4-10-23(22)26(30)31)28-20-12-14-21(15-13-20)34(32,33)29-16-6-1-7-17-29/h2-5,8-15,25,28H,1,6-7,16-18H2/t25-/m1/s1. The second-order valence-electron chi connectivity index (χ2n) is 8.65. The molecule has 2 aliphatic heterocycles. The van der Waals surface area contributed by atoms with E-state index in [9.17, 15) is 13.2 Å². The molecule has 34 heavy (non-hydrogen) atoms. The third-order valence-corrected chi connectivity index (χ3v) is 8.75. The van der Waals surface area contributed by atoms with E-state index in [4.69, 9.17) is 11.6 Å².